The summed E-state index contributed by atoms with van der Waals surface area (Å²) in [5, 5.41) is 1.50. The summed E-state index contributed by atoms with van der Waals surface area (Å²) in [7, 11) is 0. The Balaban J connectivity index is 2.29. The van der Waals surface area contributed by atoms with E-state index in [-0.39, 0.29) is 0 Å². The van der Waals surface area contributed by atoms with Crippen LogP contribution in [0.2, 0.25) is 0 Å². The lowest BCUT2D eigenvalue weighted by molar-refractivity contribution is 0.482. The first-order valence-corrected chi connectivity index (χ1v) is 8.73. The molecule has 3 unspecified atom stereocenters. The van der Waals surface area contributed by atoms with Gasteiger partial charge in [-0.05, 0) is 18.8 Å². The Labute approximate surface area is 110 Å². The third-order valence-electron chi connectivity index (χ3n) is 3.24. The molecule has 0 amide bonds. The largest absolute Gasteiger partial charge is 0.327 e. The van der Waals surface area contributed by atoms with Gasteiger partial charge in [0.2, 0.25) is 0 Å². The maximum Gasteiger partial charge on any atom is 0.0317 e. The molecule has 0 aromatic rings. The highest BCUT2D eigenvalue weighted by molar-refractivity contribution is 8.07. The van der Waals surface area contributed by atoms with E-state index in [0.29, 0.717) is 11.3 Å². The van der Waals surface area contributed by atoms with Crippen molar-refractivity contribution in [2.24, 2.45) is 11.7 Å². The van der Waals surface area contributed by atoms with Crippen molar-refractivity contribution >= 4 is 23.5 Å². The van der Waals surface area contributed by atoms with E-state index in [1.54, 1.807) is 0 Å². The third-order valence-corrected chi connectivity index (χ3v) is 6.66. The third kappa shape index (κ3) is 4.89. The maximum atomic E-state index is 6.37. The fourth-order valence-electron chi connectivity index (χ4n) is 2.26. The van der Waals surface area contributed by atoms with Crippen LogP contribution >= 0.6 is 23.5 Å². The predicted molar refractivity (Wildman–Crippen MR) is 79.4 cm³/mol. The van der Waals surface area contributed by atoms with Gasteiger partial charge in [0, 0.05) is 28.0 Å². The smallest absolute Gasteiger partial charge is 0.0317 e. The highest BCUT2D eigenvalue weighted by Gasteiger charge is 2.29. The summed E-state index contributed by atoms with van der Waals surface area (Å²) in [6, 6.07) is 0.418. The van der Waals surface area contributed by atoms with E-state index in [4.69, 9.17) is 5.73 Å². The Kier molecular flexibility index (Phi) is 7.25. The molecule has 0 aromatic carbocycles. The molecule has 1 aliphatic heterocycles. The highest BCUT2D eigenvalue weighted by atomic mass is 32.2. The average molecular weight is 262 g/mol. The Morgan fingerprint density at radius 1 is 1.19 bits per heavy atom. The van der Waals surface area contributed by atoms with Gasteiger partial charge in [-0.2, -0.15) is 23.5 Å². The molecule has 0 aliphatic carbocycles. The van der Waals surface area contributed by atoms with Crippen LogP contribution in [0.1, 0.15) is 46.5 Å². The maximum absolute atomic E-state index is 6.37. The molecule has 1 rings (SSSR count). The Morgan fingerprint density at radius 3 is 2.50 bits per heavy atom. The summed E-state index contributed by atoms with van der Waals surface area (Å²) in [5.41, 5.74) is 6.37. The zero-order valence-corrected chi connectivity index (χ0v) is 12.6. The van der Waals surface area contributed by atoms with Gasteiger partial charge in [0.15, 0.2) is 0 Å². The van der Waals surface area contributed by atoms with E-state index in [0.717, 1.165) is 11.2 Å². The summed E-state index contributed by atoms with van der Waals surface area (Å²) >= 11 is 4.26. The van der Waals surface area contributed by atoms with Crippen molar-refractivity contribution in [3.8, 4) is 0 Å². The number of thioether (sulfide) groups is 2. The van der Waals surface area contributed by atoms with E-state index >= 15 is 0 Å². The van der Waals surface area contributed by atoms with Crippen molar-refractivity contribution in [2.75, 3.05) is 11.5 Å². The van der Waals surface area contributed by atoms with Gasteiger partial charge in [0.05, 0.1) is 0 Å². The van der Waals surface area contributed by atoms with Crippen molar-refractivity contribution in [2.45, 2.75) is 63.0 Å². The number of hydrogen-bond donors (Lipinski definition) is 1. The number of nitrogens with two attached hydrogens (primary N) is 1. The quantitative estimate of drug-likeness (QED) is 0.788. The lowest BCUT2D eigenvalue weighted by Gasteiger charge is -2.34. The van der Waals surface area contributed by atoms with Crippen LogP contribution in [0.4, 0.5) is 0 Å². The molecule has 1 fully saturated rings. The molecule has 1 heterocycles. The zero-order valence-electron chi connectivity index (χ0n) is 10.9. The Hall–Kier alpha value is 0.660. The summed E-state index contributed by atoms with van der Waals surface area (Å²) in [5.74, 6) is 3.44. The van der Waals surface area contributed by atoms with Crippen LogP contribution in [0.3, 0.4) is 0 Å². The van der Waals surface area contributed by atoms with Crippen molar-refractivity contribution in [3.05, 3.63) is 0 Å². The van der Waals surface area contributed by atoms with Crippen LogP contribution in [-0.4, -0.2) is 28.0 Å². The second-order valence-corrected chi connectivity index (χ2v) is 7.77. The summed E-state index contributed by atoms with van der Waals surface area (Å²) in [4.78, 5) is 0. The molecule has 16 heavy (non-hydrogen) atoms. The summed E-state index contributed by atoms with van der Waals surface area (Å²) < 4.78 is 0. The molecular formula is C13H27NS2. The van der Waals surface area contributed by atoms with Crippen LogP contribution < -0.4 is 5.73 Å². The van der Waals surface area contributed by atoms with Crippen LogP contribution in [-0.2, 0) is 0 Å². The lowest BCUT2D eigenvalue weighted by atomic mass is 10.00. The normalized spacial score (nSPS) is 28.3. The van der Waals surface area contributed by atoms with Gasteiger partial charge in [-0.15, -0.1) is 0 Å². The zero-order chi connectivity index (χ0) is 12.0. The van der Waals surface area contributed by atoms with E-state index in [2.05, 4.69) is 44.3 Å². The summed E-state index contributed by atoms with van der Waals surface area (Å²) in [6.45, 7) is 6.90. The van der Waals surface area contributed by atoms with Crippen LogP contribution in [0.5, 0.6) is 0 Å². The van der Waals surface area contributed by atoms with E-state index in [9.17, 15) is 0 Å². The minimum Gasteiger partial charge on any atom is -0.327 e. The molecule has 3 heteroatoms. The first-order chi connectivity index (χ1) is 7.65. The second kappa shape index (κ2) is 7.88. The van der Waals surface area contributed by atoms with Gasteiger partial charge in [0.1, 0.15) is 0 Å². The first kappa shape index (κ1) is 14.7. The minimum atomic E-state index is 0.418. The average Bonchev–Trinajstić information content (AvgIpc) is 2.28. The Morgan fingerprint density at radius 2 is 1.88 bits per heavy atom. The van der Waals surface area contributed by atoms with Crippen molar-refractivity contribution in [1.29, 1.82) is 0 Å². The van der Waals surface area contributed by atoms with E-state index in [1.807, 2.05) is 0 Å². The van der Waals surface area contributed by atoms with Gasteiger partial charge in [0.25, 0.3) is 0 Å². The molecule has 96 valence electrons. The SMILES string of the molecule is CCC1SCCSC1C(N)CCCC(C)C. The summed E-state index contributed by atoms with van der Waals surface area (Å²) in [6.07, 6.45) is 5.12. The van der Waals surface area contributed by atoms with E-state index in [1.165, 1.54) is 37.2 Å². The second-order valence-electron chi connectivity index (χ2n) is 5.14. The van der Waals surface area contributed by atoms with Crippen molar-refractivity contribution in [1.82, 2.24) is 0 Å². The molecule has 1 aliphatic rings. The molecule has 3 atom stereocenters. The number of rotatable bonds is 6. The molecule has 1 nitrogen and oxygen atoms in total. The molecule has 2 N–H and O–H groups in total. The first-order valence-electron chi connectivity index (χ1n) is 6.64. The monoisotopic (exact) mass is 261 g/mol. The van der Waals surface area contributed by atoms with Crippen molar-refractivity contribution < 1.29 is 0 Å². The van der Waals surface area contributed by atoms with Gasteiger partial charge < -0.3 is 5.73 Å². The van der Waals surface area contributed by atoms with E-state index < -0.39 is 0 Å². The van der Waals surface area contributed by atoms with Crippen molar-refractivity contribution in [3.63, 3.8) is 0 Å². The van der Waals surface area contributed by atoms with Gasteiger partial charge in [-0.1, -0.05) is 33.6 Å². The Bertz CT molecular complexity index is 185. The topological polar surface area (TPSA) is 26.0 Å². The fourth-order valence-corrected chi connectivity index (χ4v) is 5.50. The van der Waals surface area contributed by atoms with Gasteiger partial charge >= 0.3 is 0 Å². The van der Waals surface area contributed by atoms with Gasteiger partial charge in [-0.25, -0.2) is 0 Å². The molecule has 0 spiro atoms. The highest BCUT2D eigenvalue weighted by Crippen LogP contribution is 2.35. The molecule has 0 saturated carbocycles. The van der Waals surface area contributed by atoms with Gasteiger partial charge in [-0.3, -0.25) is 0 Å². The number of hydrogen-bond acceptors (Lipinski definition) is 3. The lowest BCUT2D eigenvalue weighted by Crippen LogP contribution is -2.41. The fraction of sp³-hybridized carbons (Fsp3) is 1.00. The predicted octanol–water partition coefficient (Wildman–Crippen LogP) is 3.77. The van der Waals surface area contributed by atoms with Crippen LogP contribution in [0.15, 0.2) is 0 Å². The minimum absolute atomic E-state index is 0.418. The molecule has 1 saturated heterocycles. The molecular weight excluding hydrogens is 234 g/mol. The molecule has 0 radical (unpaired) electrons. The molecule has 0 bridgehead atoms. The standard InChI is InChI=1S/C13H27NS2/c1-4-12-13(16-9-8-15-12)11(14)7-5-6-10(2)3/h10-13H,4-9,14H2,1-3H3. The van der Waals surface area contributed by atoms with Crippen LogP contribution in [0, 0.1) is 5.92 Å². The van der Waals surface area contributed by atoms with Crippen LogP contribution in [0.25, 0.3) is 0 Å². The molecule has 0 aromatic heterocycles.